The van der Waals surface area contributed by atoms with Crippen molar-refractivity contribution in [1.82, 2.24) is 33.8 Å². The number of ether oxygens (including phenoxy) is 4. The lowest BCUT2D eigenvalue weighted by atomic mass is 9.71. The first-order valence-electron chi connectivity index (χ1n) is 19.4. The molecule has 7 rings (SSSR count). The fourth-order valence-corrected chi connectivity index (χ4v) is 9.94. The number of alkyl halides is 2. The molecule has 0 amide bonds. The Kier molecular flexibility index (Phi) is 11.6. The van der Waals surface area contributed by atoms with Gasteiger partial charge in [0.15, 0.2) is 5.65 Å². The number of carbonyl (C=O) groups excluding carboxylic acids is 1. The molecule has 0 N–H and O–H groups in total. The van der Waals surface area contributed by atoms with Crippen LogP contribution < -0.4 is 9.47 Å². The van der Waals surface area contributed by atoms with Crippen molar-refractivity contribution in [2.45, 2.75) is 96.1 Å². The van der Waals surface area contributed by atoms with Crippen LogP contribution in [0.4, 0.5) is 8.78 Å². The molecular weight excluding hydrogens is 761 g/mol. The van der Waals surface area contributed by atoms with Crippen LogP contribution in [0.1, 0.15) is 97.6 Å². The lowest BCUT2D eigenvalue weighted by Crippen LogP contribution is -2.50. The third-order valence-corrected chi connectivity index (χ3v) is 13.5. The highest BCUT2D eigenvalue weighted by atomic mass is 32.2. The van der Waals surface area contributed by atoms with Crippen molar-refractivity contribution in [3.8, 4) is 11.8 Å². The third kappa shape index (κ3) is 7.95. The predicted octanol–water partition coefficient (Wildman–Crippen LogP) is 5.71. The summed E-state index contributed by atoms with van der Waals surface area (Å²) in [4.78, 5) is 25.3. The Morgan fingerprint density at radius 3 is 2.49 bits per heavy atom. The van der Waals surface area contributed by atoms with E-state index in [0.717, 1.165) is 25.2 Å². The van der Waals surface area contributed by atoms with Gasteiger partial charge in [0.05, 0.1) is 32.3 Å². The minimum atomic E-state index is -4.19. The van der Waals surface area contributed by atoms with Gasteiger partial charge in [-0.15, -0.1) is 10.2 Å². The molecule has 1 atom stereocenters. The van der Waals surface area contributed by atoms with Crippen molar-refractivity contribution in [3.05, 3.63) is 69.9 Å². The van der Waals surface area contributed by atoms with Crippen LogP contribution in [0.5, 0.6) is 11.8 Å². The van der Waals surface area contributed by atoms with E-state index in [1.165, 1.54) is 41.3 Å². The Hall–Kier alpha value is -4.32. The molecule has 2 fully saturated rings. The summed E-state index contributed by atoms with van der Waals surface area (Å²) in [6.45, 7) is 12.9. The summed E-state index contributed by atoms with van der Waals surface area (Å²) in [5.74, 6) is -1.41. The van der Waals surface area contributed by atoms with E-state index < -0.39 is 45.2 Å². The van der Waals surface area contributed by atoms with Gasteiger partial charge in [0, 0.05) is 55.5 Å². The second-order valence-electron chi connectivity index (χ2n) is 16.0. The van der Waals surface area contributed by atoms with Crippen LogP contribution in [0.15, 0.2) is 35.5 Å². The van der Waals surface area contributed by atoms with Gasteiger partial charge in [0.25, 0.3) is 6.43 Å². The standard InChI is InChI=1S/C40H51F2N7O7S/c1-25-20-31-37(44-36(25)55-19-16-47-13-8-7-9-14-47)56-40(11-17-54-18-12-40)24-48(57(31,51)52)23-28-21-30(43-22-26(28)2)32(39(4,5)38(50)53-6)29-10-15-49-34(27(29)3)45-46-35(49)33(41)42/h10,15,20-22,32-33H,7-9,11-14,16-19,23-24H2,1-6H3. The van der Waals surface area contributed by atoms with E-state index in [9.17, 15) is 22.0 Å². The lowest BCUT2D eigenvalue weighted by Gasteiger charge is -2.38. The molecular formula is C40H51F2N7O7S. The number of likely N-dealkylation sites (tertiary alicyclic amines) is 1. The van der Waals surface area contributed by atoms with Crippen LogP contribution in [0, 0.1) is 26.2 Å². The summed E-state index contributed by atoms with van der Waals surface area (Å²) in [5.41, 5.74) is 1.66. The van der Waals surface area contributed by atoms with Gasteiger partial charge in [-0.05, 0) is 101 Å². The molecule has 308 valence electrons. The van der Waals surface area contributed by atoms with Crippen LogP contribution in [0.25, 0.3) is 5.65 Å². The smallest absolute Gasteiger partial charge is 0.312 e. The van der Waals surface area contributed by atoms with Gasteiger partial charge >= 0.3 is 5.97 Å². The number of rotatable bonds is 11. The van der Waals surface area contributed by atoms with Crippen LogP contribution in [0.2, 0.25) is 0 Å². The first-order chi connectivity index (χ1) is 27.1. The van der Waals surface area contributed by atoms with Crippen molar-refractivity contribution in [3.63, 3.8) is 0 Å². The zero-order valence-corrected chi connectivity index (χ0v) is 34.2. The molecule has 14 nitrogen and oxygen atoms in total. The number of piperidine rings is 1. The molecule has 0 aromatic carbocycles. The fraction of sp³-hybridized carbons (Fsp3) is 0.575. The lowest BCUT2D eigenvalue weighted by molar-refractivity contribution is -0.151. The summed E-state index contributed by atoms with van der Waals surface area (Å²) in [7, 11) is -2.88. The van der Waals surface area contributed by atoms with Gasteiger partial charge in [0.1, 0.15) is 17.1 Å². The van der Waals surface area contributed by atoms with Gasteiger partial charge < -0.3 is 18.9 Å². The maximum Gasteiger partial charge on any atom is 0.312 e. The number of pyridine rings is 3. The number of halogens is 2. The Morgan fingerprint density at radius 1 is 1.05 bits per heavy atom. The minimum absolute atomic E-state index is 0.0133. The number of aryl methyl sites for hydroxylation is 3. The minimum Gasteiger partial charge on any atom is -0.476 e. The van der Waals surface area contributed by atoms with Crippen molar-refractivity contribution in [1.29, 1.82) is 0 Å². The molecule has 0 saturated carbocycles. The van der Waals surface area contributed by atoms with E-state index in [2.05, 4.69) is 15.1 Å². The molecule has 57 heavy (non-hydrogen) atoms. The van der Waals surface area contributed by atoms with Crippen LogP contribution >= 0.6 is 0 Å². The number of sulfonamides is 1. The highest BCUT2D eigenvalue weighted by Crippen LogP contribution is 2.45. The molecule has 1 spiro atoms. The van der Waals surface area contributed by atoms with Crippen molar-refractivity contribution in [2.75, 3.05) is 53.1 Å². The number of carbonyl (C=O) groups is 1. The summed E-state index contributed by atoms with van der Waals surface area (Å²) >= 11 is 0. The van der Waals surface area contributed by atoms with E-state index in [0.29, 0.717) is 66.5 Å². The monoisotopic (exact) mass is 811 g/mol. The highest BCUT2D eigenvalue weighted by molar-refractivity contribution is 7.89. The van der Waals surface area contributed by atoms with Crippen LogP contribution in [0.3, 0.4) is 0 Å². The number of fused-ring (bicyclic) bond motifs is 2. The number of esters is 1. The molecule has 17 heteroatoms. The molecule has 0 aliphatic carbocycles. The molecule has 4 aromatic heterocycles. The first kappa shape index (κ1) is 40.9. The second-order valence-corrected chi connectivity index (χ2v) is 17.9. The topological polar surface area (TPSA) is 151 Å². The second kappa shape index (κ2) is 16.1. The molecule has 3 aliphatic rings. The van der Waals surface area contributed by atoms with Gasteiger partial charge in [-0.2, -0.15) is 9.29 Å². The first-order valence-corrected chi connectivity index (χ1v) is 20.9. The number of hydrogen-bond acceptors (Lipinski definition) is 12. The van der Waals surface area contributed by atoms with Gasteiger partial charge in [-0.3, -0.25) is 19.1 Å². The van der Waals surface area contributed by atoms with E-state index in [-0.39, 0.29) is 29.5 Å². The van der Waals surface area contributed by atoms with E-state index in [4.69, 9.17) is 28.9 Å². The summed E-state index contributed by atoms with van der Waals surface area (Å²) < 4.78 is 83.5. The van der Waals surface area contributed by atoms with E-state index in [1.807, 2.05) is 13.0 Å². The molecule has 2 saturated heterocycles. The Balaban J connectivity index is 1.26. The largest absolute Gasteiger partial charge is 0.476 e. The summed E-state index contributed by atoms with van der Waals surface area (Å²) in [6.07, 6.45) is 4.76. The van der Waals surface area contributed by atoms with Gasteiger partial charge in [-0.25, -0.2) is 17.2 Å². The van der Waals surface area contributed by atoms with Crippen LogP contribution in [-0.2, 0) is 30.8 Å². The quantitative estimate of drug-likeness (QED) is 0.171. The predicted molar refractivity (Wildman–Crippen MR) is 205 cm³/mol. The Bertz CT molecular complexity index is 2240. The maximum atomic E-state index is 14.8. The normalized spacial score (nSPS) is 19.2. The number of nitrogens with zero attached hydrogens (tertiary/aromatic N) is 7. The van der Waals surface area contributed by atoms with Gasteiger partial charge in [0.2, 0.25) is 27.6 Å². The summed E-state index contributed by atoms with van der Waals surface area (Å²) in [6, 6.07) is 5.06. The average Bonchev–Trinajstić information content (AvgIpc) is 3.61. The maximum absolute atomic E-state index is 14.8. The molecule has 0 bridgehead atoms. The molecule has 7 heterocycles. The van der Waals surface area contributed by atoms with E-state index >= 15 is 0 Å². The van der Waals surface area contributed by atoms with Gasteiger partial charge in [-0.1, -0.05) is 6.42 Å². The fourth-order valence-electron chi connectivity index (χ4n) is 8.32. The molecule has 1 unspecified atom stereocenters. The number of hydrogen-bond donors (Lipinski definition) is 0. The average molecular weight is 812 g/mol. The van der Waals surface area contributed by atoms with Crippen molar-refractivity contribution in [2.24, 2.45) is 5.41 Å². The zero-order chi connectivity index (χ0) is 40.7. The van der Waals surface area contributed by atoms with Crippen LogP contribution in [-0.4, -0.2) is 107 Å². The van der Waals surface area contributed by atoms with Crippen molar-refractivity contribution < 1.29 is 40.9 Å². The number of methoxy groups -OCH3 is 1. The molecule has 0 radical (unpaired) electrons. The zero-order valence-electron chi connectivity index (χ0n) is 33.4. The number of aromatic nitrogens is 5. The highest BCUT2D eigenvalue weighted by Gasteiger charge is 2.47. The van der Waals surface area contributed by atoms with E-state index in [1.54, 1.807) is 46.0 Å². The molecule has 4 aromatic rings. The Labute approximate surface area is 331 Å². The molecule has 3 aliphatic heterocycles. The SMILES string of the molecule is COC(=O)C(C)(C)C(c1cc(CN2CC3(CCOCC3)Oc3nc(OCCN4CCCCC4)c(C)cc3S2(=O)=O)c(C)cn1)c1ccn2c(C(F)F)nnc2c1C. The third-order valence-electron chi connectivity index (χ3n) is 11.7. The summed E-state index contributed by atoms with van der Waals surface area (Å²) in [5, 5.41) is 7.76. The Morgan fingerprint density at radius 2 is 1.79 bits per heavy atom. The van der Waals surface area contributed by atoms with Crippen molar-refractivity contribution >= 4 is 21.6 Å².